The van der Waals surface area contributed by atoms with Crippen LogP contribution in [0.1, 0.15) is 20.7 Å². The van der Waals surface area contributed by atoms with E-state index < -0.39 is 11.9 Å². The largest absolute Gasteiger partial charge is 0.478 e. The normalized spacial score (nSPS) is 10.4. The summed E-state index contributed by atoms with van der Waals surface area (Å²) in [5.41, 5.74) is 0.245. The number of ether oxygens (including phenoxy) is 2. The lowest BCUT2D eigenvalue weighted by atomic mass is 10.2. The van der Waals surface area contributed by atoms with Gasteiger partial charge in [0.1, 0.15) is 22.3 Å². The number of hydrogen-bond donors (Lipinski definition) is 2. The van der Waals surface area contributed by atoms with Gasteiger partial charge < -0.3 is 19.7 Å². The van der Waals surface area contributed by atoms with Gasteiger partial charge in [0.15, 0.2) is 5.75 Å². The van der Waals surface area contributed by atoms with Crippen molar-refractivity contribution < 1.29 is 29.3 Å². The Kier molecular flexibility index (Phi) is 5.73. The zero-order valence-electron chi connectivity index (χ0n) is 14.1. The molecule has 0 bridgehead atoms. The molecule has 0 spiro atoms. The molecular formula is C20H12Cl2O6. The number of carbonyl (C=O) groups is 2. The molecule has 0 radical (unpaired) electrons. The van der Waals surface area contributed by atoms with Gasteiger partial charge >= 0.3 is 11.9 Å². The minimum Gasteiger partial charge on any atom is -0.478 e. The van der Waals surface area contributed by atoms with E-state index in [0.717, 1.165) is 0 Å². The molecular weight excluding hydrogens is 407 g/mol. The number of benzene rings is 3. The smallest absolute Gasteiger partial charge is 0.335 e. The quantitative estimate of drug-likeness (QED) is 0.511. The lowest BCUT2D eigenvalue weighted by molar-refractivity contribution is 0.0686. The molecule has 0 saturated carbocycles. The van der Waals surface area contributed by atoms with Gasteiger partial charge in [0.25, 0.3) is 0 Å². The van der Waals surface area contributed by atoms with E-state index in [1.165, 1.54) is 54.6 Å². The molecule has 142 valence electrons. The van der Waals surface area contributed by atoms with Crippen molar-refractivity contribution in [1.29, 1.82) is 0 Å². The number of carboxylic acid groups (broad SMARTS) is 2. The summed E-state index contributed by atoms with van der Waals surface area (Å²) in [5, 5.41) is 18.2. The molecule has 0 aliphatic heterocycles. The highest BCUT2D eigenvalue weighted by atomic mass is 35.5. The highest BCUT2D eigenvalue weighted by molar-refractivity contribution is 6.38. The van der Waals surface area contributed by atoms with E-state index in [-0.39, 0.29) is 32.7 Å². The number of hydrogen-bond acceptors (Lipinski definition) is 4. The van der Waals surface area contributed by atoms with Gasteiger partial charge in [-0.3, -0.25) is 0 Å². The summed E-state index contributed by atoms with van der Waals surface area (Å²) in [6.07, 6.45) is 0. The van der Waals surface area contributed by atoms with Gasteiger partial charge in [-0.15, -0.1) is 0 Å². The molecule has 28 heavy (non-hydrogen) atoms. The van der Waals surface area contributed by atoms with Gasteiger partial charge in [-0.1, -0.05) is 23.2 Å². The molecule has 2 N–H and O–H groups in total. The van der Waals surface area contributed by atoms with E-state index in [9.17, 15) is 9.59 Å². The minimum absolute atomic E-state index is 0.108. The fourth-order valence-corrected chi connectivity index (χ4v) is 2.75. The summed E-state index contributed by atoms with van der Waals surface area (Å²) in [7, 11) is 0. The second-order valence-electron chi connectivity index (χ2n) is 5.55. The zero-order valence-corrected chi connectivity index (χ0v) is 15.6. The van der Waals surface area contributed by atoms with E-state index >= 15 is 0 Å². The first-order valence-electron chi connectivity index (χ1n) is 7.85. The summed E-state index contributed by atoms with van der Waals surface area (Å²) in [4.78, 5) is 21.8. The molecule has 0 aromatic heterocycles. The Morgan fingerprint density at radius 2 is 1.14 bits per heavy atom. The summed E-state index contributed by atoms with van der Waals surface area (Å²) < 4.78 is 11.4. The molecule has 3 aromatic rings. The first-order chi connectivity index (χ1) is 13.3. The van der Waals surface area contributed by atoms with Crippen molar-refractivity contribution in [1.82, 2.24) is 0 Å². The van der Waals surface area contributed by atoms with Crippen LogP contribution in [0.2, 0.25) is 10.0 Å². The monoisotopic (exact) mass is 418 g/mol. The van der Waals surface area contributed by atoms with E-state index in [2.05, 4.69) is 0 Å². The average Bonchev–Trinajstić information content (AvgIpc) is 2.68. The predicted molar refractivity (Wildman–Crippen MR) is 103 cm³/mol. The third-order valence-corrected chi connectivity index (χ3v) is 4.32. The second kappa shape index (κ2) is 8.21. The van der Waals surface area contributed by atoms with Crippen molar-refractivity contribution in [3.05, 3.63) is 81.8 Å². The van der Waals surface area contributed by atoms with Crippen LogP contribution >= 0.6 is 23.2 Å². The Labute approximate surface area is 169 Å². The Bertz CT molecular complexity index is 1030. The number of aromatic carboxylic acids is 2. The van der Waals surface area contributed by atoms with Crippen LogP contribution in [0.25, 0.3) is 0 Å². The lowest BCUT2D eigenvalue weighted by Crippen LogP contribution is -1.96. The maximum absolute atomic E-state index is 10.9. The van der Waals surface area contributed by atoms with Crippen LogP contribution in [0.3, 0.4) is 0 Å². The van der Waals surface area contributed by atoms with E-state index in [4.69, 9.17) is 42.9 Å². The SMILES string of the molecule is O=C(O)c1ccc(Oc2ccc(Cl)c(Oc3ccc(C(=O)O)cc3)c2Cl)cc1. The van der Waals surface area contributed by atoms with Gasteiger partial charge in [-0.2, -0.15) is 0 Å². The van der Waals surface area contributed by atoms with E-state index in [1.54, 1.807) is 6.07 Å². The molecule has 0 atom stereocenters. The summed E-state index contributed by atoms with van der Waals surface area (Å²) in [6.45, 7) is 0. The van der Waals surface area contributed by atoms with Crippen LogP contribution in [0.5, 0.6) is 23.0 Å². The molecule has 0 unspecified atom stereocenters. The average molecular weight is 419 g/mol. The molecule has 0 aliphatic carbocycles. The topological polar surface area (TPSA) is 93.1 Å². The molecule has 3 aromatic carbocycles. The molecule has 6 nitrogen and oxygen atoms in total. The highest BCUT2D eigenvalue weighted by Gasteiger charge is 2.16. The predicted octanol–water partition coefficient (Wildman–Crippen LogP) is 5.97. The summed E-state index contributed by atoms with van der Waals surface area (Å²) in [6, 6.07) is 14.6. The van der Waals surface area contributed by atoms with Gasteiger partial charge in [-0.05, 0) is 60.7 Å². The van der Waals surface area contributed by atoms with Gasteiger partial charge in [0, 0.05) is 0 Å². The third-order valence-electron chi connectivity index (χ3n) is 3.66. The third kappa shape index (κ3) is 4.36. The van der Waals surface area contributed by atoms with Crippen LogP contribution in [0.15, 0.2) is 60.7 Å². The number of rotatable bonds is 6. The number of halogens is 2. The number of carboxylic acids is 2. The van der Waals surface area contributed by atoms with Crippen molar-refractivity contribution in [2.75, 3.05) is 0 Å². The molecule has 0 heterocycles. The van der Waals surface area contributed by atoms with Crippen LogP contribution in [0.4, 0.5) is 0 Å². The Hall–Kier alpha value is -3.22. The van der Waals surface area contributed by atoms with Crippen molar-refractivity contribution in [3.8, 4) is 23.0 Å². The summed E-state index contributed by atoms with van der Waals surface area (Å²) in [5.74, 6) is -0.965. The molecule has 8 heteroatoms. The maximum Gasteiger partial charge on any atom is 0.335 e. The first kappa shape index (κ1) is 19.5. The standard InChI is InChI=1S/C20H12Cl2O6/c21-15-9-10-16(27-13-5-1-11(2-6-13)19(23)24)17(22)18(15)28-14-7-3-12(4-8-14)20(25)26/h1-10H,(H,23,24)(H,25,26). The van der Waals surface area contributed by atoms with Crippen LogP contribution in [0, 0.1) is 0 Å². The van der Waals surface area contributed by atoms with Gasteiger partial charge in [0.05, 0.1) is 16.1 Å². The Morgan fingerprint density at radius 1 is 0.679 bits per heavy atom. The maximum atomic E-state index is 10.9. The van der Waals surface area contributed by atoms with Gasteiger partial charge in [0.2, 0.25) is 0 Å². The fourth-order valence-electron chi connectivity index (χ4n) is 2.26. The lowest BCUT2D eigenvalue weighted by Gasteiger charge is -2.14. The molecule has 0 saturated heterocycles. The zero-order chi connectivity index (χ0) is 20.3. The van der Waals surface area contributed by atoms with Gasteiger partial charge in [-0.25, -0.2) is 9.59 Å². The van der Waals surface area contributed by atoms with Crippen molar-refractivity contribution in [2.45, 2.75) is 0 Å². The Balaban J connectivity index is 1.85. The molecule has 0 fully saturated rings. The molecule has 0 aliphatic rings. The second-order valence-corrected chi connectivity index (χ2v) is 6.34. The highest BCUT2D eigenvalue weighted by Crippen LogP contribution is 2.43. The van der Waals surface area contributed by atoms with E-state index in [1.807, 2.05) is 0 Å². The Morgan fingerprint density at radius 3 is 1.61 bits per heavy atom. The molecule has 0 amide bonds. The van der Waals surface area contributed by atoms with E-state index in [0.29, 0.717) is 11.5 Å². The van der Waals surface area contributed by atoms with Crippen molar-refractivity contribution in [2.24, 2.45) is 0 Å². The fraction of sp³-hybridized carbons (Fsp3) is 0. The van der Waals surface area contributed by atoms with Crippen LogP contribution in [-0.4, -0.2) is 22.2 Å². The summed E-state index contributed by atoms with van der Waals surface area (Å²) >= 11 is 12.5. The first-order valence-corrected chi connectivity index (χ1v) is 8.61. The van der Waals surface area contributed by atoms with Crippen LogP contribution in [-0.2, 0) is 0 Å². The molecule has 3 rings (SSSR count). The van der Waals surface area contributed by atoms with Crippen molar-refractivity contribution in [3.63, 3.8) is 0 Å². The minimum atomic E-state index is -1.05. The van der Waals surface area contributed by atoms with Crippen LogP contribution < -0.4 is 9.47 Å². The van der Waals surface area contributed by atoms with Crippen molar-refractivity contribution >= 4 is 35.1 Å².